The van der Waals surface area contributed by atoms with Gasteiger partial charge >= 0.3 is 0 Å². The number of hydrogen-bond donors (Lipinski definition) is 1. The summed E-state index contributed by atoms with van der Waals surface area (Å²) in [7, 11) is 0. The summed E-state index contributed by atoms with van der Waals surface area (Å²) in [6.07, 6.45) is 3.17. The van der Waals surface area contributed by atoms with Crippen molar-refractivity contribution in [2.45, 2.75) is 32.9 Å². The lowest BCUT2D eigenvalue weighted by Crippen LogP contribution is -2.24. The molecule has 0 saturated carbocycles. The number of likely N-dealkylation sites (tertiary alicyclic amines) is 1. The molecule has 1 fully saturated rings. The summed E-state index contributed by atoms with van der Waals surface area (Å²) in [5.74, 6) is 0.972. The molecule has 0 radical (unpaired) electrons. The molecule has 6 heteroatoms. The SMILES string of the molecule is Cc1ccc2ncnc(NCc3ccccc3CN3CCCC3=O)c2n1. The van der Waals surface area contributed by atoms with Gasteiger partial charge in [0.05, 0.1) is 5.52 Å². The van der Waals surface area contributed by atoms with E-state index in [2.05, 4.69) is 32.4 Å². The van der Waals surface area contributed by atoms with Gasteiger partial charge < -0.3 is 10.2 Å². The number of pyridine rings is 1. The highest BCUT2D eigenvalue weighted by molar-refractivity contribution is 5.84. The van der Waals surface area contributed by atoms with Crippen molar-refractivity contribution in [2.75, 3.05) is 11.9 Å². The van der Waals surface area contributed by atoms with Crippen molar-refractivity contribution >= 4 is 22.8 Å². The Morgan fingerprint density at radius 1 is 1.12 bits per heavy atom. The second kappa shape index (κ2) is 7.07. The Kier molecular flexibility index (Phi) is 4.48. The number of carbonyl (C=O) groups excluding carboxylic acids is 1. The Bertz CT molecular complexity index is 956. The van der Waals surface area contributed by atoms with E-state index in [0.717, 1.165) is 46.6 Å². The molecule has 26 heavy (non-hydrogen) atoms. The van der Waals surface area contributed by atoms with Crippen LogP contribution < -0.4 is 5.32 Å². The monoisotopic (exact) mass is 347 g/mol. The predicted octanol–water partition coefficient (Wildman–Crippen LogP) is 3.07. The van der Waals surface area contributed by atoms with Gasteiger partial charge in [0.15, 0.2) is 5.82 Å². The maximum atomic E-state index is 11.9. The number of benzene rings is 1. The summed E-state index contributed by atoms with van der Waals surface area (Å²) in [4.78, 5) is 27.1. The topological polar surface area (TPSA) is 71.0 Å². The molecule has 1 aliphatic rings. The third kappa shape index (κ3) is 3.35. The Labute approximate surface area is 152 Å². The van der Waals surface area contributed by atoms with Gasteiger partial charge in [-0.3, -0.25) is 4.79 Å². The van der Waals surface area contributed by atoms with Crippen LogP contribution in [-0.2, 0) is 17.9 Å². The normalized spacial score (nSPS) is 14.2. The molecule has 0 bridgehead atoms. The van der Waals surface area contributed by atoms with Crippen LogP contribution in [0.25, 0.3) is 11.0 Å². The largest absolute Gasteiger partial charge is 0.364 e. The van der Waals surface area contributed by atoms with E-state index in [9.17, 15) is 4.79 Å². The number of aryl methyl sites for hydroxylation is 1. The lowest BCUT2D eigenvalue weighted by molar-refractivity contribution is -0.128. The van der Waals surface area contributed by atoms with Crippen molar-refractivity contribution in [2.24, 2.45) is 0 Å². The summed E-state index contributed by atoms with van der Waals surface area (Å²) in [6, 6.07) is 12.1. The average Bonchev–Trinajstić information content (AvgIpc) is 3.06. The van der Waals surface area contributed by atoms with E-state index >= 15 is 0 Å². The maximum Gasteiger partial charge on any atom is 0.222 e. The van der Waals surface area contributed by atoms with Crippen LogP contribution in [0.3, 0.4) is 0 Å². The minimum Gasteiger partial charge on any atom is -0.364 e. The van der Waals surface area contributed by atoms with Crippen LogP contribution in [-0.4, -0.2) is 32.3 Å². The Morgan fingerprint density at radius 3 is 2.77 bits per heavy atom. The molecule has 1 N–H and O–H groups in total. The van der Waals surface area contributed by atoms with Gasteiger partial charge in [0, 0.05) is 31.7 Å². The first-order chi connectivity index (χ1) is 12.7. The van der Waals surface area contributed by atoms with Gasteiger partial charge in [-0.2, -0.15) is 0 Å². The fourth-order valence-electron chi connectivity index (χ4n) is 3.31. The molecule has 0 aliphatic carbocycles. The van der Waals surface area contributed by atoms with Crippen LogP contribution in [0.5, 0.6) is 0 Å². The summed E-state index contributed by atoms with van der Waals surface area (Å²) < 4.78 is 0. The third-order valence-electron chi connectivity index (χ3n) is 4.72. The zero-order chi connectivity index (χ0) is 17.9. The van der Waals surface area contributed by atoms with E-state index in [4.69, 9.17) is 0 Å². The highest BCUT2D eigenvalue weighted by atomic mass is 16.2. The fraction of sp³-hybridized carbons (Fsp3) is 0.300. The zero-order valence-corrected chi connectivity index (χ0v) is 14.8. The van der Waals surface area contributed by atoms with E-state index < -0.39 is 0 Å². The second-order valence-corrected chi connectivity index (χ2v) is 6.58. The fourth-order valence-corrected chi connectivity index (χ4v) is 3.31. The van der Waals surface area contributed by atoms with E-state index in [0.29, 0.717) is 19.5 Å². The molecule has 0 spiro atoms. The van der Waals surface area contributed by atoms with Gasteiger partial charge in [-0.05, 0) is 36.6 Å². The van der Waals surface area contributed by atoms with Gasteiger partial charge in [0.2, 0.25) is 5.91 Å². The molecule has 132 valence electrons. The van der Waals surface area contributed by atoms with Crippen molar-refractivity contribution < 1.29 is 4.79 Å². The maximum absolute atomic E-state index is 11.9. The van der Waals surface area contributed by atoms with Gasteiger partial charge in [-0.1, -0.05) is 24.3 Å². The number of rotatable bonds is 5. The molecule has 0 unspecified atom stereocenters. The van der Waals surface area contributed by atoms with Crippen molar-refractivity contribution in [3.05, 3.63) is 59.5 Å². The van der Waals surface area contributed by atoms with Crippen molar-refractivity contribution in [1.82, 2.24) is 19.9 Å². The molecule has 1 aliphatic heterocycles. The summed E-state index contributed by atoms with van der Waals surface area (Å²) in [6.45, 7) is 4.09. The third-order valence-corrected chi connectivity index (χ3v) is 4.72. The van der Waals surface area contributed by atoms with Crippen molar-refractivity contribution in [3.8, 4) is 0 Å². The smallest absolute Gasteiger partial charge is 0.222 e. The van der Waals surface area contributed by atoms with Crippen LogP contribution in [0.2, 0.25) is 0 Å². The summed E-state index contributed by atoms with van der Waals surface area (Å²) in [5.41, 5.74) is 4.86. The average molecular weight is 347 g/mol. The number of amides is 1. The van der Waals surface area contributed by atoms with Crippen LogP contribution in [0.4, 0.5) is 5.82 Å². The minimum atomic E-state index is 0.245. The van der Waals surface area contributed by atoms with E-state index in [1.807, 2.05) is 36.1 Å². The summed E-state index contributed by atoms with van der Waals surface area (Å²) >= 11 is 0. The number of anilines is 1. The van der Waals surface area contributed by atoms with Gasteiger partial charge in [0.25, 0.3) is 0 Å². The van der Waals surface area contributed by atoms with E-state index in [1.54, 1.807) is 6.33 Å². The molecule has 0 atom stereocenters. The number of fused-ring (bicyclic) bond motifs is 1. The molecule has 4 rings (SSSR count). The lowest BCUT2D eigenvalue weighted by atomic mass is 10.1. The zero-order valence-electron chi connectivity index (χ0n) is 14.8. The van der Waals surface area contributed by atoms with E-state index in [-0.39, 0.29) is 5.91 Å². The first kappa shape index (κ1) is 16.4. The second-order valence-electron chi connectivity index (χ2n) is 6.58. The molecule has 1 aromatic carbocycles. The van der Waals surface area contributed by atoms with Gasteiger partial charge in [0.1, 0.15) is 11.8 Å². The Balaban J connectivity index is 1.55. The number of nitrogens with one attached hydrogen (secondary N) is 1. The quantitative estimate of drug-likeness (QED) is 0.768. The van der Waals surface area contributed by atoms with Gasteiger partial charge in [-0.25, -0.2) is 15.0 Å². The van der Waals surface area contributed by atoms with Gasteiger partial charge in [-0.15, -0.1) is 0 Å². The van der Waals surface area contributed by atoms with Crippen LogP contribution in [0, 0.1) is 6.92 Å². The molecule has 2 aromatic heterocycles. The molecule has 1 saturated heterocycles. The van der Waals surface area contributed by atoms with Crippen LogP contribution >= 0.6 is 0 Å². The Hall–Kier alpha value is -3.02. The highest BCUT2D eigenvalue weighted by Gasteiger charge is 2.20. The molecular formula is C20H21N5O. The first-order valence-corrected chi connectivity index (χ1v) is 8.87. The number of nitrogens with zero attached hydrogens (tertiary/aromatic N) is 4. The molecule has 6 nitrogen and oxygen atoms in total. The lowest BCUT2D eigenvalue weighted by Gasteiger charge is -2.18. The number of hydrogen-bond acceptors (Lipinski definition) is 5. The van der Waals surface area contributed by atoms with Crippen molar-refractivity contribution in [1.29, 1.82) is 0 Å². The van der Waals surface area contributed by atoms with Crippen LogP contribution in [0.15, 0.2) is 42.7 Å². The number of carbonyl (C=O) groups is 1. The molecule has 3 heterocycles. The van der Waals surface area contributed by atoms with Crippen molar-refractivity contribution in [3.63, 3.8) is 0 Å². The predicted molar refractivity (Wildman–Crippen MR) is 100 cm³/mol. The number of aromatic nitrogens is 3. The molecule has 1 amide bonds. The molecular weight excluding hydrogens is 326 g/mol. The first-order valence-electron chi connectivity index (χ1n) is 8.87. The standard InChI is InChI=1S/C20H21N5O/c1-14-8-9-17-19(24-14)20(23-13-22-17)21-11-15-5-2-3-6-16(15)12-25-10-4-7-18(25)26/h2-3,5-6,8-9,13H,4,7,10-12H2,1H3,(H,21,22,23). The summed E-state index contributed by atoms with van der Waals surface area (Å²) in [5, 5.41) is 3.39. The Morgan fingerprint density at radius 2 is 1.96 bits per heavy atom. The highest BCUT2D eigenvalue weighted by Crippen LogP contribution is 2.20. The van der Waals surface area contributed by atoms with Crippen LogP contribution in [0.1, 0.15) is 29.7 Å². The molecule has 3 aromatic rings. The van der Waals surface area contributed by atoms with E-state index in [1.165, 1.54) is 0 Å². The minimum absolute atomic E-state index is 0.245.